The first-order valence-electron chi connectivity index (χ1n) is 4.11. The van der Waals surface area contributed by atoms with Gasteiger partial charge in [0.15, 0.2) is 0 Å². The highest BCUT2D eigenvalue weighted by atomic mass is 16.4. The number of carbonyl (C=O) groups is 1. The standard InChI is InChI=1S/C8H14O3/c9-7-4-2-1-3-6(5-7)8(10)11/h6-7,9H,1-5H2,(H,10,11). The first-order chi connectivity index (χ1) is 5.20. The molecule has 0 aromatic heterocycles. The van der Waals surface area contributed by atoms with Crippen molar-refractivity contribution in [2.45, 2.75) is 38.2 Å². The lowest BCUT2D eigenvalue weighted by Gasteiger charge is -2.10. The summed E-state index contributed by atoms with van der Waals surface area (Å²) in [6, 6.07) is 0. The summed E-state index contributed by atoms with van der Waals surface area (Å²) in [5.74, 6) is -1.07. The molecule has 0 saturated heterocycles. The van der Waals surface area contributed by atoms with E-state index < -0.39 is 12.1 Å². The van der Waals surface area contributed by atoms with Crippen molar-refractivity contribution in [3.8, 4) is 0 Å². The van der Waals surface area contributed by atoms with E-state index in [-0.39, 0.29) is 5.92 Å². The molecule has 0 spiro atoms. The fourth-order valence-corrected chi connectivity index (χ4v) is 1.56. The van der Waals surface area contributed by atoms with Gasteiger partial charge in [0.2, 0.25) is 0 Å². The first-order valence-corrected chi connectivity index (χ1v) is 4.11. The highest BCUT2D eigenvalue weighted by Gasteiger charge is 2.23. The van der Waals surface area contributed by atoms with Gasteiger partial charge in [-0.25, -0.2) is 0 Å². The SMILES string of the molecule is O=C(O)C1CCCCC(O)C1. The maximum Gasteiger partial charge on any atom is 0.306 e. The summed E-state index contributed by atoms with van der Waals surface area (Å²) >= 11 is 0. The van der Waals surface area contributed by atoms with Crippen LogP contribution in [0.5, 0.6) is 0 Å². The Balaban J connectivity index is 2.45. The average molecular weight is 158 g/mol. The maximum absolute atomic E-state index is 10.5. The fourth-order valence-electron chi connectivity index (χ4n) is 1.56. The van der Waals surface area contributed by atoms with E-state index in [4.69, 9.17) is 5.11 Å². The number of hydrogen-bond donors (Lipinski definition) is 2. The Hall–Kier alpha value is -0.570. The van der Waals surface area contributed by atoms with E-state index in [0.717, 1.165) is 25.7 Å². The zero-order chi connectivity index (χ0) is 8.27. The molecule has 0 aliphatic heterocycles. The number of rotatable bonds is 1. The molecule has 3 nitrogen and oxygen atoms in total. The largest absolute Gasteiger partial charge is 0.481 e. The third-order valence-corrected chi connectivity index (χ3v) is 2.25. The van der Waals surface area contributed by atoms with Gasteiger partial charge in [-0.3, -0.25) is 4.79 Å². The minimum absolute atomic E-state index is 0.313. The lowest BCUT2D eigenvalue weighted by atomic mass is 10.00. The quantitative estimate of drug-likeness (QED) is 0.560. The molecule has 0 aromatic carbocycles. The van der Waals surface area contributed by atoms with Crippen LogP contribution in [0.15, 0.2) is 0 Å². The van der Waals surface area contributed by atoms with Crippen LogP contribution in [0.4, 0.5) is 0 Å². The van der Waals surface area contributed by atoms with Crippen molar-refractivity contribution >= 4 is 5.97 Å². The molecular formula is C8H14O3. The summed E-state index contributed by atoms with van der Waals surface area (Å²) < 4.78 is 0. The summed E-state index contributed by atoms with van der Waals surface area (Å²) in [5.41, 5.74) is 0. The fraction of sp³-hybridized carbons (Fsp3) is 0.875. The number of aliphatic hydroxyl groups excluding tert-OH is 1. The van der Waals surface area contributed by atoms with E-state index in [9.17, 15) is 9.90 Å². The van der Waals surface area contributed by atoms with Crippen molar-refractivity contribution in [3.05, 3.63) is 0 Å². The molecule has 1 saturated carbocycles. The smallest absolute Gasteiger partial charge is 0.306 e. The van der Waals surface area contributed by atoms with Gasteiger partial charge in [0.05, 0.1) is 12.0 Å². The van der Waals surface area contributed by atoms with Crippen molar-refractivity contribution in [2.24, 2.45) is 5.92 Å². The van der Waals surface area contributed by atoms with E-state index >= 15 is 0 Å². The number of aliphatic hydroxyl groups is 1. The van der Waals surface area contributed by atoms with Gasteiger partial charge in [-0.1, -0.05) is 12.8 Å². The van der Waals surface area contributed by atoms with Crippen LogP contribution in [0.3, 0.4) is 0 Å². The van der Waals surface area contributed by atoms with Gasteiger partial charge in [-0.05, 0) is 19.3 Å². The van der Waals surface area contributed by atoms with Crippen molar-refractivity contribution in [3.63, 3.8) is 0 Å². The van der Waals surface area contributed by atoms with E-state index in [2.05, 4.69) is 0 Å². The van der Waals surface area contributed by atoms with E-state index in [0.29, 0.717) is 6.42 Å². The number of hydrogen-bond acceptors (Lipinski definition) is 2. The van der Waals surface area contributed by atoms with E-state index in [1.165, 1.54) is 0 Å². The Morgan fingerprint density at radius 1 is 1.27 bits per heavy atom. The number of aliphatic carboxylic acids is 1. The van der Waals surface area contributed by atoms with Gasteiger partial charge in [-0.2, -0.15) is 0 Å². The van der Waals surface area contributed by atoms with Crippen LogP contribution >= 0.6 is 0 Å². The second kappa shape index (κ2) is 3.72. The minimum Gasteiger partial charge on any atom is -0.481 e. The molecule has 1 aliphatic rings. The summed E-state index contributed by atoms with van der Waals surface area (Å²) in [6.07, 6.45) is 3.45. The molecule has 1 rings (SSSR count). The summed E-state index contributed by atoms with van der Waals surface area (Å²) in [5, 5.41) is 17.9. The Morgan fingerprint density at radius 2 is 1.91 bits per heavy atom. The van der Waals surface area contributed by atoms with Crippen molar-refractivity contribution in [2.75, 3.05) is 0 Å². The molecule has 0 aromatic rings. The van der Waals surface area contributed by atoms with Crippen LogP contribution in [0.2, 0.25) is 0 Å². The zero-order valence-electron chi connectivity index (χ0n) is 6.49. The first kappa shape index (κ1) is 8.53. The minimum atomic E-state index is -0.758. The van der Waals surface area contributed by atoms with Crippen LogP contribution in [-0.2, 0) is 4.79 Å². The molecule has 2 atom stereocenters. The number of carboxylic acid groups (broad SMARTS) is 1. The van der Waals surface area contributed by atoms with E-state index in [1.807, 2.05) is 0 Å². The lowest BCUT2D eigenvalue weighted by Crippen LogP contribution is -2.18. The molecule has 1 fully saturated rings. The van der Waals surface area contributed by atoms with Gasteiger partial charge >= 0.3 is 5.97 Å². The third-order valence-electron chi connectivity index (χ3n) is 2.25. The summed E-state index contributed by atoms with van der Waals surface area (Å²) in [4.78, 5) is 10.5. The van der Waals surface area contributed by atoms with Gasteiger partial charge in [0.25, 0.3) is 0 Å². The molecule has 2 N–H and O–H groups in total. The molecule has 0 radical (unpaired) electrons. The van der Waals surface area contributed by atoms with Crippen LogP contribution in [0.25, 0.3) is 0 Å². The Bertz CT molecular complexity index is 144. The Kier molecular flexibility index (Phi) is 2.88. The van der Waals surface area contributed by atoms with Crippen LogP contribution in [0.1, 0.15) is 32.1 Å². The summed E-state index contributed by atoms with van der Waals surface area (Å²) in [6.45, 7) is 0. The average Bonchev–Trinajstić information content (AvgIpc) is 2.13. The lowest BCUT2D eigenvalue weighted by molar-refractivity contribution is -0.142. The molecule has 64 valence electrons. The van der Waals surface area contributed by atoms with Crippen LogP contribution < -0.4 is 0 Å². The number of carboxylic acids is 1. The highest BCUT2D eigenvalue weighted by molar-refractivity contribution is 5.69. The zero-order valence-corrected chi connectivity index (χ0v) is 6.49. The monoisotopic (exact) mass is 158 g/mol. The topological polar surface area (TPSA) is 57.5 Å². The molecule has 0 amide bonds. The second-order valence-electron chi connectivity index (χ2n) is 3.21. The Morgan fingerprint density at radius 3 is 2.55 bits per heavy atom. The van der Waals surface area contributed by atoms with Gasteiger partial charge in [0, 0.05) is 0 Å². The predicted molar refractivity (Wildman–Crippen MR) is 40.2 cm³/mol. The molecule has 0 heterocycles. The molecule has 2 unspecified atom stereocenters. The highest BCUT2D eigenvalue weighted by Crippen LogP contribution is 2.23. The second-order valence-corrected chi connectivity index (χ2v) is 3.21. The molecule has 1 aliphatic carbocycles. The van der Waals surface area contributed by atoms with Crippen molar-refractivity contribution < 1.29 is 15.0 Å². The molecular weight excluding hydrogens is 144 g/mol. The van der Waals surface area contributed by atoms with Crippen molar-refractivity contribution in [1.29, 1.82) is 0 Å². The third kappa shape index (κ3) is 2.50. The Labute approximate surface area is 66.0 Å². The van der Waals surface area contributed by atoms with Gasteiger partial charge in [0.1, 0.15) is 0 Å². The van der Waals surface area contributed by atoms with Crippen LogP contribution in [0, 0.1) is 5.92 Å². The van der Waals surface area contributed by atoms with Crippen molar-refractivity contribution in [1.82, 2.24) is 0 Å². The summed E-state index contributed by atoms with van der Waals surface area (Å²) in [7, 11) is 0. The maximum atomic E-state index is 10.5. The van der Waals surface area contributed by atoms with E-state index in [1.54, 1.807) is 0 Å². The molecule has 3 heteroatoms. The van der Waals surface area contributed by atoms with Crippen LogP contribution in [-0.4, -0.2) is 22.3 Å². The van der Waals surface area contributed by atoms with Gasteiger partial charge in [-0.15, -0.1) is 0 Å². The van der Waals surface area contributed by atoms with Gasteiger partial charge < -0.3 is 10.2 Å². The molecule has 11 heavy (non-hydrogen) atoms. The predicted octanol–water partition coefficient (Wildman–Crippen LogP) is 1.01. The molecule has 0 bridgehead atoms. The normalized spacial score (nSPS) is 32.8.